The molecule has 0 saturated carbocycles. The van der Waals surface area contributed by atoms with Crippen LogP contribution in [0.2, 0.25) is 5.02 Å². The van der Waals surface area contributed by atoms with Gasteiger partial charge in [-0.25, -0.2) is 13.1 Å². The minimum Gasteiger partial charge on any atom is -0.326 e. The van der Waals surface area contributed by atoms with Crippen molar-refractivity contribution in [1.29, 1.82) is 0 Å². The summed E-state index contributed by atoms with van der Waals surface area (Å²) >= 11 is 5.62. The number of hydrogen-bond acceptors (Lipinski definition) is 4. The smallest absolute Gasteiger partial charge is 0.266 e. The SMILES string of the molecule is CC(CCN(C)C)NS(=O)(=O)c1c[nH]c(=O)c(Cl)c1. The average Bonchev–Trinajstić information content (AvgIpc) is 2.29. The van der Waals surface area contributed by atoms with Crippen LogP contribution in [0, 0.1) is 0 Å². The summed E-state index contributed by atoms with van der Waals surface area (Å²) in [5.41, 5.74) is -0.513. The molecule has 0 aliphatic heterocycles. The van der Waals surface area contributed by atoms with Gasteiger partial charge in [-0.05, 0) is 40.1 Å². The molecule has 1 aromatic rings. The third kappa shape index (κ3) is 4.94. The number of nitrogens with zero attached hydrogens (tertiary/aromatic N) is 1. The number of aromatic nitrogens is 1. The second-order valence-electron chi connectivity index (χ2n) is 4.63. The van der Waals surface area contributed by atoms with Crippen molar-refractivity contribution in [2.24, 2.45) is 0 Å². The van der Waals surface area contributed by atoms with Gasteiger partial charge < -0.3 is 9.88 Å². The Bertz CT molecular complexity index is 583. The molecule has 1 rings (SSSR count). The Morgan fingerprint density at radius 3 is 2.63 bits per heavy atom. The number of rotatable bonds is 6. The lowest BCUT2D eigenvalue weighted by atomic mass is 10.2. The average molecular weight is 308 g/mol. The van der Waals surface area contributed by atoms with E-state index in [2.05, 4.69) is 9.71 Å². The van der Waals surface area contributed by atoms with Crippen molar-refractivity contribution in [2.75, 3.05) is 20.6 Å². The van der Waals surface area contributed by atoms with Crippen LogP contribution in [0.25, 0.3) is 0 Å². The van der Waals surface area contributed by atoms with Gasteiger partial charge in [-0.3, -0.25) is 4.79 Å². The van der Waals surface area contributed by atoms with Gasteiger partial charge in [-0.15, -0.1) is 0 Å². The highest BCUT2D eigenvalue weighted by Crippen LogP contribution is 2.11. The summed E-state index contributed by atoms with van der Waals surface area (Å²) in [5.74, 6) is 0. The second-order valence-corrected chi connectivity index (χ2v) is 6.75. The third-order valence-corrected chi connectivity index (χ3v) is 4.36. The van der Waals surface area contributed by atoms with Gasteiger partial charge in [0.25, 0.3) is 5.56 Å². The van der Waals surface area contributed by atoms with Gasteiger partial charge in [0.2, 0.25) is 10.0 Å². The van der Waals surface area contributed by atoms with Crippen LogP contribution < -0.4 is 10.3 Å². The van der Waals surface area contributed by atoms with Crippen molar-refractivity contribution in [3.8, 4) is 0 Å². The van der Waals surface area contributed by atoms with E-state index in [0.29, 0.717) is 6.42 Å². The molecule has 1 unspecified atom stereocenters. The molecule has 6 nitrogen and oxygen atoms in total. The highest BCUT2D eigenvalue weighted by Gasteiger charge is 2.18. The third-order valence-electron chi connectivity index (χ3n) is 2.51. The second kappa shape index (κ2) is 6.51. The van der Waals surface area contributed by atoms with E-state index in [4.69, 9.17) is 11.6 Å². The molecule has 0 aliphatic carbocycles. The number of halogens is 1. The molecular weight excluding hydrogens is 290 g/mol. The molecule has 1 aromatic heterocycles. The quantitative estimate of drug-likeness (QED) is 0.808. The van der Waals surface area contributed by atoms with Crippen LogP contribution >= 0.6 is 11.6 Å². The summed E-state index contributed by atoms with van der Waals surface area (Å²) in [6, 6.07) is 0.930. The van der Waals surface area contributed by atoms with Crippen LogP contribution in [0.3, 0.4) is 0 Å². The van der Waals surface area contributed by atoms with Crippen molar-refractivity contribution in [1.82, 2.24) is 14.6 Å². The number of pyridine rings is 1. The molecule has 1 atom stereocenters. The van der Waals surface area contributed by atoms with E-state index in [1.807, 2.05) is 19.0 Å². The summed E-state index contributed by atoms with van der Waals surface area (Å²) in [6.45, 7) is 2.56. The largest absolute Gasteiger partial charge is 0.326 e. The Balaban J connectivity index is 2.80. The van der Waals surface area contributed by atoms with Gasteiger partial charge in [0, 0.05) is 12.2 Å². The van der Waals surface area contributed by atoms with Crippen LogP contribution in [-0.4, -0.2) is 45.0 Å². The summed E-state index contributed by atoms with van der Waals surface area (Å²) in [4.78, 5) is 15.3. The fourth-order valence-corrected chi connectivity index (χ4v) is 2.94. The van der Waals surface area contributed by atoms with Gasteiger partial charge in [0.1, 0.15) is 5.02 Å². The number of H-pyrrole nitrogens is 1. The predicted octanol–water partition coefficient (Wildman–Crippen LogP) is 0.647. The maximum Gasteiger partial charge on any atom is 0.266 e. The summed E-state index contributed by atoms with van der Waals surface area (Å²) in [7, 11) is 0.169. The van der Waals surface area contributed by atoms with E-state index in [1.54, 1.807) is 6.92 Å². The fourth-order valence-electron chi connectivity index (χ4n) is 1.44. The summed E-state index contributed by atoms with van der Waals surface area (Å²) < 4.78 is 26.6. The first kappa shape index (κ1) is 16.2. The zero-order valence-electron chi connectivity index (χ0n) is 11.1. The van der Waals surface area contributed by atoms with E-state index >= 15 is 0 Å². The number of nitrogens with one attached hydrogen (secondary N) is 2. The van der Waals surface area contributed by atoms with Crippen molar-refractivity contribution in [3.05, 3.63) is 27.6 Å². The lowest BCUT2D eigenvalue weighted by Gasteiger charge is -2.16. The van der Waals surface area contributed by atoms with E-state index in [-0.39, 0.29) is 16.0 Å². The van der Waals surface area contributed by atoms with Gasteiger partial charge in [0.05, 0.1) is 4.90 Å². The highest BCUT2D eigenvalue weighted by atomic mass is 35.5. The molecular formula is C11H18ClN3O3S. The van der Waals surface area contributed by atoms with Crippen LogP contribution in [0.4, 0.5) is 0 Å². The first-order valence-electron chi connectivity index (χ1n) is 5.77. The lowest BCUT2D eigenvalue weighted by Crippen LogP contribution is -2.35. The molecule has 0 spiro atoms. The topological polar surface area (TPSA) is 82.3 Å². The van der Waals surface area contributed by atoms with Crippen molar-refractivity contribution in [2.45, 2.75) is 24.3 Å². The van der Waals surface area contributed by atoms with Crippen LogP contribution in [-0.2, 0) is 10.0 Å². The Kier molecular flexibility index (Phi) is 5.54. The molecule has 0 fully saturated rings. The molecule has 0 aromatic carbocycles. The van der Waals surface area contributed by atoms with Crippen molar-refractivity contribution >= 4 is 21.6 Å². The number of hydrogen-bond donors (Lipinski definition) is 2. The van der Waals surface area contributed by atoms with Crippen molar-refractivity contribution in [3.63, 3.8) is 0 Å². The lowest BCUT2D eigenvalue weighted by molar-refractivity contribution is 0.379. The zero-order chi connectivity index (χ0) is 14.6. The fraction of sp³-hybridized carbons (Fsp3) is 0.545. The maximum atomic E-state index is 12.0. The van der Waals surface area contributed by atoms with E-state index in [9.17, 15) is 13.2 Å². The molecule has 2 N–H and O–H groups in total. The van der Waals surface area contributed by atoms with E-state index in [1.165, 1.54) is 0 Å². The molecule has 0 saturated heterocycles. The molecule has 108 valence electrons. The maximum absolute atomic E-state index is 12.0. The Hall–Kier alpha value is -0.890. The van der Waals surface area contributed by atoms with Crippen molar-refractivity contribution < 1.29 is 8.42 Å². The normalized spacial score (nSPS) is 13.7. The monoisotopic (exact) mass is 307 g/mol. The molecule has 0 aliphatic rings. The minimum absolute atomic E-state index is 0.0474. The molecule has 1 heterocycles. The van der Waals surface area contributed by atoms with E-state index in [0.717, 1.165) is 18.8 Å². The summed E-state index contributed by atoms with van der Waals surface area (Å²) in [5, 5.41) is -0.149. The van der Waals surface area contributed by atoms with Crippen LogP contribution in [0.15, 0.2) is 22.0 Å². The van der Waals surface area contributed by atoms with Crippen LogP contribution in [0.1, 0.15) is 13.3 Å². The molecule has 19 heavy (non-hydrogen) atoms. The van der Waals surface area contributed by atoms with E-state index < -0.39 is 15.6 Å². The van der Waals surface area contributed by atoms with Gasteiger partial charge >= 0.3 is 0 Å². The Morgan fingerprint density at radius 2 is 2.11 bits per heavy atom. The predicted molar refractivity (Wildman–Crippen MR) is 75.0 cm³/mol. The first-order valence-corrected chi connectivity index (χ1v) is 7.64. The molecule has 0 bridgehead atoms. The van der Waals surface area contributed by atoms with Gasteiger partial charge in [-0.2, -0.15) is 0 Å². The minimum atomic E-state index is -3.67. The highest BCUT2D eigenvalue weighted by molar-refractivity contribution is 7.89. The Morgan fingerprint density at radius 1 is 1.47 bits per heavy atom. The first-order chi connectivity index (χ1) is 8.72. The standard InChI is InChI=1S/C11H18ClN3O3S/c1-8(4-5-15(2)3)14-19(17,18)9-6-10(12)11(16)13-7-9/h6-8,14H,4-5H2,1-3H3,(H,13,16). The van der Waals surface area contributed by atoms with Gasteiger partial charge in [-0.1, -0.05) is 11.6 Å². The Labute approximate surface area is 117 Å². The molecule has 0 radical (unpaired) electrons. The zero-order valence-corrected chi connectivity index (χ0v) is 12.7. The number of aromatic amines is 1. The number of sulfonamides is 1. The molecule has 0 amide bonds. The molecule has 8 heteroatoms. The van der Waals surface area contributed by atoms with Gasteiger partial charge in [0.15, 0.2) is 0 Å². The summed E-state index contributed by atoms with van der Waals surface area (Å²) in [6.07, 6.45) is 1.82. The van der Waals surface area contributed by atoms with Crippen LogP contribution in [0.5, 0.6) is 0 Å².